The number of ketones is 1. The predicted octanol–water partition coefficient (Wildman–Crippen LogP) is 2.69. The van der Waals surface area contributed by atoms with Crippen LogP contribution in [0.1, 0.15) is 144 Å². The third kappa shape index (κ3) is 9.98. The van der Waals surface area contributed by atoms with Crippen molar-refractivity contribution in [3.05, 3.63) is 42.2 Å². The average Bonchev–Trinajstić information content (AvgIpc) is 3.58. The number of carboxylic acid groups (broad SMARTS) is 1. The van der Waals surface area contributed by atoms with Gasteiger partial charge in [-0.05, 0) is 102 Å². The molecule has 4 saturated heterocycles. The van der Waals surface area contributed by atoms with Crippen LogP contribution in [0.25, 0.3) is 0 Å². The van der Waals surface area contributed by atoms with Gasteiger partial charge < -0.3 is 49.1 Å². The van der Waals surface area contributed by atoms with Gasteiger partial charge in [-0.2, -0.15) is 0 Å². The van der Waals surface area contributed by atoms with E-state index in [1.807, 2.05) is 60.6 Å². The molecule has 0 aromatic carbocycles. The zero-order valence-electron chi connectivity index (χ0n) is 39.1. The number of nitrogens with zero attached hydrogens (tertiary/aromatic N) is 1. The summed E-state index contributed by atoms with van der Waals surface area (Å²) in [5, 5.41) is 38.1. The van der Waals surface area contributed by atoms with E-state index >= 15 is 0 Å². The van der Waals surface area contributed by atoms with E-state index in [9.17, 15) is 29.7 Å². The maximum atomic E-state index is 14.7. The van der Waals surface area contributed by atoms with E-state index in [-0.39, 0.29) is 65.1 Å². The summed E-state index contributed by atoms with van der Waals surface area (Å²) in [6.45, 7) is 19.5. The van der Waals surface area contributed by atoms with Gasteiger partial charge in [-0.3, -0.25) is 14.6 Å². The van der Waals surface area contributed by atoms with Gasteiger partial charge in [-0.25, -0.2) is 0 Å². The van der Waals surface area contributed by atoms with Crippen LogP contribution in [0.3, 0.4) is 0 Å². The van der Waals surface area contributed by atoms with Gasteiger partial charge in [0.05, 0.1) is 53.4 Å². The Hall–Kier alpha value is -1.78. The fourth-order valence-corrected chi connectivity index (χ4v) is 11.4. The molecule has 0 aliphatic carbocycles. The number of ether oxygens (including phenoxy) is 5. The summed E-state index contributed by atoms with van der Waals surface area (Å²) in [6, 6.07) is 2.70. The molecule has 1 aromatic heterocycles. The number of pyridine rings is 1. The topological polar surface area (TPSA) is 186 Å². The zero-order valence-corrected chi connectivity index (χ0v) is 41.1. The van der Waals surface area contributed by atoms with Gasteiger partial charge in [-0.15, -0.1) is 0 Å². The fraction of sp³-hybridized carbons (Fsp3) is 0.792. The zero-order chi connectivity index (χ0) is 44.7. The second-order valence-electron chi connectivity index (χ2n) is 19.6. The molecular formula is C48H73N2NaO11. The number of hydrogen-bond donors (Lipinski definition) is 3. The largest absolute Gasteiger partial charge is 1.00 e. The minimum Gasteiger partial charge on any atom is -0.550 e. The standard InChI is InChI=1S/C48H74N2O11.Na/c1-11-34(44(54)55)36-17-16-27(4)41(58-36)31(8)39(51)30(7)40(52)35(12-2)42-28(5)25-29(6)47(59-42)21-18-37(50-43(53)33-15-14-24-49-26-33)48(61-47)23-22-45(10,60-48)38-19-20-46(56,13-3)32(9)57-38;/h14-15,18,21,24,26-32,34-39,41-42,51,56H,11-13,16-17,19-20,22-23,25H2,1-10H3,(H,50,53)(H,54,55);/q;+1/p-1/t27-,28-,29+,30-,31-,32-,34+,35-,36+,37-,38+,39+,41+,42-,45-,46+,47-,48-;/m0./s1. The molecular weight excluding hydrogens is 804 g/mol. The molecule has 3 N–H and O–H groups in total. The van der Waals surface area contributed by atoms with Crippen LogP contribution < -0.4 is 40.0 Å². The minimum atomic E-state index is -1.36. The monoisotopic (exact) mass is 877 g/mol. The molecule has 1 amide bonds. The molecule has 13 nitrogen and oxygen atoms in total. The fourth-order valence-electron chi connectivity index (χ4n) is 11.4. The smallest absolute Gasteiger partial charge is 0.550 e. The van der Waals surface area contributed by atoms with E-state index in [1.165, 1.54) is 6.20 Å². The van der Waals surface area contributed by atoms with Gasteiger partial charge in [-0.1, -0.05) is 61.5 Å². The number of aliphatic hydroxyl groups excluding tert-OH is 1. The number of carboxylic acids is 1. The first-order valence-corrected chi connectivity index (χ1v) is 23.2. The SMILES string of the molecule is CC[C@@H](C(=O)[C@@H](C)[C@@H](O)[C@H](C)[C@@H]1O[C@@H]([C@@H](CC)C(=O)[O-])CC[C@@H]1C)[C@H]1O[C@]2(C=C[C@H](NC(=O)c3cccnc3)[C@]3(CC[C@@](C)([C@H]4CC[C@](O)(CC)[C@H](C)O4)O3)O2)[C@H](C)C[C@@H]1C.[Na+]. The number of aromatic nitrogens is 1. The van der Waals surface area contributed by atoms with Crippen LogP contribution in [-0.4, -0.2) is 98.3 Å². The molecule has 5 aliphatic heterocycles. The van der Waals surface area contributed by atoms with Crippen molar-refractivity contribution in [2.24, 2.45) is 41.4 Å². The second kappa shape index (κ2) is 20.4. The Morgan fingerprint density at radius 2 is 1.66 bits per heavy atom. The first kappa shape index (κ1) is 51.2. The van der Waals surface area contributed by atoms with E-state index in [4.69, 9.17) is 23.7 Å². The molecule has 14 heteroatoms. The summed E-state index contributed by atoms with van der Waals surface area (Å²) in [5.41, 5.74) is -1.34. The number of carbonyl (C=O) groups excluding carboxylic acids is 3. The Labute approximate surface area is 391 Å². The van der Waals surface area contributed by atoms with Gasteiger partial charge in [0.2, 0.25) is 0 Å². The van der Waals surface area contributed by atoms with Crippen LogP contribution in [0.4, 0.5) is 0 Å². The number of amides is 1. The van der Waals surface area contributed by atoms with E-state index in [0.717, 1.165) is 6.42 Å². The Balaban J connectivity index is 0.00000726. The van der Waals surface area contributed by atoms with Crippen LogP contribution in [-0.2, 0) is 33.3 Å². The van der Waals surface area contributed by atoms with Crippen molar-refractivity contribution < 1.29 is 82.9 Å². The van der Waals surface area contributed by atoms with Crippen molar-refractivity contribution in [1.29, 1.82) is 0 Å². The Kier molecular flexibility index (Phi) is 16.8. The molecule has 0 saturated carbocycles. The van der Waals surface area contributed by atoms with E-state index in [1.54, 1.807) is 25.3 Å². The van der Waals surface area contributed by atoms with Crippen LogP contribution in [0, 0.1) is 41.4 Å². The Morgan fingerprint density at radius 1 is 0.952 bits per heavy atom. The van der Waals surface area contributed by atoms with Crippen molar-refractivity contribution in [2.45, 2.75) is 199 Å². The van der Waals surface area contributed by atoms with Gasteiger partial charge in [0, 0.05) is 54.4 Å². The second-order valence-corrected chi connectivity index (χ2v) is 19.6. The molecule has 18 atom stereocenters. The number of rotatable bonds is 14. The van der Waals surface area contributed by atoms with Crippen molar-refractivity contribution in [3.8, 4) is 0 Å². The maximum absolute atomic E-state index is 14.7. The maximum Gasteiger partial charge on any atom is 1.00 e. The molecule has 4 fully saturated rings. The summed E-state index contributed by atoms with van der Waals surface area (Å²) in [4.78, 5) is 44.4. The Morgan fingerprint density at radius 3 is 2.27 bits per heavy atom. The molecule has 0 unspecified atom stereocenters. The van der Waals surface area contributed by atoms with Crippen LogP contribution >= 0.6 is 0 Å². The third-order valence-corrected chi connectivity index (χ3v) is 15.7. The van der Waals surface area contributed by atoms with Gasteiger partial charge in [0.25, 0.3) is 5.91 Å². The molecule has 0 bridgehead atoms. The first-order chi connectivity index (χ1) is 28.8. The molecule has 62 heavy (non-hydrogen) atoms. The summed E-state index contributed by atoms with van der Waals surface area (Å²) < 4.78 is 34.5. The van der Waals surface area contributed by atoms with E-state index < -0.39 is 89.0 Å². The summed E-state index contributed by atoms with van der Waals surface area (Å²) in [7, 11) is 0. The Bertz CT molecular complexity index is 1740. The number of hydrogen-bond acceptors (Lipinski definition) is 12. The summed E-state index contributed by atoms with van der Waals surface area (Å²) >= 11 is 0. The van der Waals surface area contributed by atoms with E-state index in [0.29, 0.717) is 63.4 Å². The van der Waals surface area contributed by atoms with Crippen LogP contribution in [0.2, 0.25) is 0 Å². The van der Waals surface area contributed by atoms with Gasteiger partial charge in [0.1, 0.15) is 11.8 Å². The van der Waals surface area contributed by atoms with Crippen LogP contribution in [0.5, 0.6) is 0 Å². The van der Waals surface area contributed by atoms with Gasteiger partial charge in [0.15, 0.2) is 11.6 Å². The van der Waals surface area contributed by atoms with Crippen molar-refractivity contribution in [2.75, 3.05) is 0 Å². The van der Waals surface area contributed by atoms with Crippen molar-refractivity contribution in [1.82, 2.24) is 10.3 Å². The molecule has 1 aromatic rings. The normalized spacial score (nSPS) is 40.8. The molecule has 5 aliphatic rings. The first-order valence-electron chi connectivity index (χ1n) is 23.2. The quantitative estimate of drug-likeness (QED) is 0.184. The van der Waals surface area contributed by atoms with Gasteiger partial charge >= 0.3 is 29.6 Å². The average molecular weight is 877 g/mol. The molecule has 6 heterocycles. The van der Waals surface area contributed by atoms with Crippen molar-refractivity contribution in [3.63, 3.8) is 0 Å². The molecule has 6 rings (SSSR count). The number of nitrogens with one attached hydrogen (secondary N) is 1. The number of aliphatic carboxylic acids is 1. The number of carbonyl (C=O) groups is 3. The molecule has 342 valence electrons. The summed E-state index contributed by atoms with van der Waals surface area (Å²) in [6.07, 6.45) is 9.26. The van der Waals surface area contributed by atoms with E-state index in [2.05, 4.69) is 24.1 Å². The number of Topliss-reactive ketones (excluding diaryl/α,β-unsaturated/α-hetero) is 1. The molecule has 2 spiro atoms. The van der Waals surface area contributed by atoms with Crippen LogP contribution in [0.15, 0.2) is 36.7 Å². The summed E-state index contributed by atoms with van der Waals surface area (Å²) in [5.74, 6) is -6.86. The van der Waals surface area contributed by atoms with Crippen molar-refractivity contribution >= 4 is 17.7 Å². The minimum absolute atomic E-state index is 0. The predicted molar refractivity (Wildman–Crippen MR) is 225 cm³/mol. The third-order valence-electron chi connectivity index (χ3n) is 15.7. The molecule has 0 radical (unpaired) electrons. The number of aliphatic hydroxyl groups is 2.